The lowest BCUT2D eigenvalue weighted by molar-refractivity contribution is 0.0953. The molecule has 1 aromatic rings. The number of terminal acetylenes is 1. The predicted octanol–water partition coefficient (Wildman–Crippen LogP) is 2.90. The van der Waals surface area contributed by atoms with Gasteiger partial charge in [0.25, 0.3) is 5.91 Å². The van der Waals surface area contributed by atoms with E-state index < -0.39 is 0 Å². The smallest absolute Gasteiger partial charge is 0.251 e. The van der Waals surface area contributed by atoms with Gasteiger partial charge in [0.15, 0.2) is 0 Å². The number of halogens is 1. The number of rotatable bonds is 4. The molecule has 0 aliphatic carbocycles. The van der Waals surface area contributed by atoms with Crippen LogP contribution in [0.25, 0.3) is 0 Å². The van der Waals surface area contributed by atoms with Gasteiger partial charge in [0, 0.05) is 23.0 Å². The van der Waals surface area contributed by atoms with E-state index in [1.54, 1.807) is 0 Å². The summed E-state index contributed by atoms with van der Waals surface area (Å²) in [5.41, 5.74) is 1.73. The number of unbranched alkanes of at least 4 members (excludes halogenated alkanes) is 1. The zero-order chi connectivity index (χ0) is 12.0. The van der Waals surface area contributed by atoms with Gasteiger partial charge in [-0.05, 0) is 37.1 Å². The lowest BCUT2D eigenvalue weighted by Crippen LogP contribution is -2.24. The molecular formula is C13H14BrNO. The van der Waals surface area contributed by atoms with Crippen LogP contribution in [0, 0.1) is 19.3 Å². The van der Waals surface area contributed by atoms with Crippen molar-refractivity contribution in [2.24, 2.45) is 0 Å². The highest BCUT2D eigenvalue weighted by Gasteiger charge is 2.05. The van der Waals surface area contributed by atoms with Gasteiger partial charge in [-0.3, -0.25) is 4.79 Å². The molecule has 1 rings (SSSR count). The Morgan fingerprint density at radius 3 is 2.88 bits per heavy atom. The van der Waals surface area contributed by atoms with E-state index in [-0.39, 0.29) is 5.91 Å². The van der Waals surface area contributed by atoms with Crippen molar-refractivity contribution in [3.8, 4) is 12.3 Å². The summed E-state index contributed by atoms with van der Waals surface area (Å²) in [5.74, 6) is 2.49. The summed E-state index contributed by atoms with van der Waals surface area (Å²) in [6.45, 7) is 2.58. The Morgan fingerprint density at radius 1 is 1.50 bits per heavy atom. The Balaban J connectivity index is 2.56. The summed E-state index contributed by atoms with van der Waals surface area (Å²) < 4.78 is 0.918. The van der Waals surface area contributed by atoms with Crippen LogP contribution in [0.2, 0.25) is 0 Å². The van der Waals surface area contributed by atoms with Crippen molar-refractivity contribution < 1.29 is 4.79 Å². The monoisotopic (exact) mass is 279 g/mol. The SMILES string of the molecule is C#CCCCNC(=O)c1cc(C)cc(Br)c1. The highest BCUT2D eigenvalue weighted by atomic mass is 79.9. The minimum absolute atomic E-state index is 0.0542. The summed E-state index contributed by atoms with van der Waals surface area (Å²) in [5, 5.41) is 2.83. The Kier molecular flexibility index (Phi) is 5.07. The molecular weight excluding hydrogens is 266 g/mol. The van der Waals surface area contributed by atoms with Crippen molar-refractivity contribution in [1.29, 1.82) is 0 Å². The van der Waals surface area contributed by atoms with Crippen LogP contribution in [0.3, 0.4) is 0 Å². The highest BCUT2D eigenvalue weighted by Crippen LogP contribution is 2.15. The van der Waals surface area contributed by atoms with E-state index in [1.807, 2.05) is 25.1 Å². The molecule has 0 saturated carbocycles. The third kappa shape index (κ3) is 4.08. The minimum atomic E-state index is -0.0542. The van der Waals surface area contributed by atoms with Gasteiger partial charge >= 0.3 is 0 Å². The third-order valence-electron chi connectivity index (χ3n) is 2.09. The van der Waals surface area contributed by atoms with E-state index >= 15 is 0 Å². The van der Waals surface area contributed by atoms with Crippen LogP contribution in [0.15, 0.2) is 22.7 Å². The van der Waals surface area contributed by atoms with Gasteiger partial charge in [-0.1, -0.05) is 15.9 Å². The molecule has 0 heterocycles. The van der Waals surface area contributed by atoms with Crippen molar-refractivity contribution in [2.75, 3.05) is 6.54 Å². The topological polar surface area (TPSA) is 29.1 Å². The Morgan fingerprint density at radius 2 is 2.25 bits per heavy atom. The first-order valence-electron chi connectivity index (χ1n) is 5.12. The number of nitrogens with one attached hydrogen (secondary N) is 1. The second-order valence-corrected chi connectivity index (χ2v) is 4.50. The molecule has 1 N–H and O–H groups in total. The first kappa shape index (κ1) is 12.8. The van der Waals surface area contributed by atoms with Gasteiger partial charge in [0.2, 0.25) is 0 Å². The van der Waals surface area contributed by atoms with Gasteiger partial charge in [-0.25, -0.2) is 0 Å². The Bertz CT molecular complexity index is 400. The third-order valence-corrected chi connectivity index (χ3v) is 2.55. The molecule has 0 aliphatic heterocycles. The molecule has 0 fully saturated rings. The molecule has 0 radical (unpaired) electrons. The van der Waals surface area contributed by atoms with E-state index in [4.69, 9.17) is 6.42 Å². The van der Waals surface area contributed by atoms with Crippen LogP contribution in [0.4, 0.5) is 0 Å². The summed E-state index contributed by atoms with van der Waals surface area (Å²) in [6, 6.07) is 5.64. The molecule has 84 valence electrons. The summed E-state index contributed by atoms with van der Waals surface area (Å²) in [6.07, 6.45) is 6.63. The fourth-order valence-corrected chi connectivity index (χ4v) is 1.97. The largest absolute Gasteiger partial charge is 0.352 e. The zero-order valence-corrected chi connectivity index (χ0v) is 10.8. The standard InChI is InChI=1S/C13H14BrNO/c1-3-4-5-6-15-13(16)11-7-10(2)8-12(14)9-11/h1,7-9H,4-6H2,2H3,(H,15,16). The average molecular weight is 280 g/mol. The summed E-state index contributed by atoms with van der Waals surface area (Å²) in [7, 11) is 0. The molecule has 0 atom stereocenters. The Hall–Kier alpha value is -1.27. The number of benzene rings is 1. The van der Waals surface area contributed by atoms with Crippen LogP contribution in [-0.4, -0.2) is 12.5 Å². The number of carbonyl (C=O) groups is 1. The summed E-state index contributed by atoms with van der Waals surface area (Å²) in [4.78, 5) is 11.7. The normalized spacial score (nSPS) is 9.56. The summed E-state index contributed by atoms with van der Waals surface area (Å²) >= 11 is 3.37. The average Bonchev–Trinajstić information content (AvgIpc) is 2.22. The van der Waals surface area contributed by atoms with E-state index in [9.17, 15) is 4.79 Å². The van der Waals surface area contributed by atoms with E-state index in [2.05, 4.69) is 27.2 Å². The second-order valence-electron chi connectivity index (χ2n) is 3.58. The van der Waals surface area contributed by atoms with Crippen LogP contribution < -0.4 is 5.32 Å². The number of hydrogen-bond acceptors (Lipinski definition) is 1. The van der Waals surface area contributed by atoms with Gasteiger partial charge in [0.1, 0.15) is 0 Å². The van der Waals surface area contributed by atoms with Crippen molar-refractivity contribution in [3.63, 3.8) is 0 Å². The molecule has 0 spiro atoms. The molecule has 0 bridgehead atoms. The van der Waals surface area contributed by atoms with E-state index in [1.165, 1.54) is 0 Å². The predicted molar refractivity (Wildman–Crippen MR) is 69.3 cm³/mol. The van der Waals surface area contributed by atoms with Crippen LogP contribution >= 0.6 is 15.9 Å². The molecule has 0 aromatic heterocycles. The van der Waals surface area contributed by atoms with Gasteiger partial charge in [-0.2, -0.15) is 0 Å². The first-order valence-corrected chi connectivity index (χ1v) is 5.91. The molecule has 2 nitrogen and oxygen atoms in total. The molecule has 0 aliphatic rings. The number of amides is 1. The maximum absolute atomic E-state index is 11.7. The van der Waals surface area contributed by atoms with E-state index in [0.29, 0.717) is 18.5 Å². The number of hydrogen-bond donors (Lipinski definition) is 1. The lowest BCUT2D eigenvalue weighted by Gasteiger charge is -2.05. The fraction of sp³-hybridized carbons (Fsp3) is 0.308. The van der Waals surface area contributed by atoms with Crippen molar-refractivity contribution in [1.82, 2.24) is 5.32 Å². The quantitative estimate of drug-likeness (QED) is 0.667. The zero-order valence-electron chi connectivity index (χ0n) is 9.22. The second kappa shape index (κ2) is 6.34. The van der Waals surface area contributed by atoms with Crippen LogP contribution in [0.5, 0.6) is 0 Å². The highest BCUT2D eigenvalue weighted by molar-refractivity contribution is 9.10. The minimum Gasteiger partial charge on any atom is -0.352 e. The van der Waals surface area contributed by atoms with Crippen molar-refractivity contribution in [3.05, 3.63) is 33.8 Å². The fourth-order valence-electron chi connectivity index (χ4n) is 1.36. The Labute approximate surface area is 105 Å². The molecule has 3 heteroatoms. The molecule has 0 saturated heterocycles. The maximum Gasteiger partial charge on any atom is 0.251 e. The molecule has 0 unspecified atom stereocenters. The van der Waals surface area contributed by atoms with Crippen molar-refractivity contribution in [2.45, 2.75) is 19.8 Å². The van der Waals surface area contributed by atoms with Crippen molar-refractivity contribution >= 4 is 21.8 Å². The van der Waals surface area contributed by atoms with Gasteiger partial charge < -0.3 is 5.32 Å². The van der Waals surface area contributed by atoms with Crippen LogP contribution in [0.1, 0.15) is 28.8 Å². The van der Waals surface area contributed by atoms with Crippen LogP contribution in [-0.2, 0) is 0 Å². The van der Waals surface area contributed by atoms with Gasteiger partial charge in [-0.15, -0.1) is 12.3 Å². The molecule has 1 aromatic carbocycles. The van der Waals surface area contributed by atoms with Gasteiger partial charge in [0.05, 0.1) is 0 Å². The molecule has 1 amide bonds. The number of carbonyl (C=O) groups excluding carboxylic acids is 1. The van der Waals surface area contributed by atoms with E-state index in [0.717, 1.165) is 16.5 Å². The lowest BCUT2D eigenvalue weighted by atomic mass is 10.1. The number of aryl methyl sites for hydroxylation is 1. The molecule has 16 heavy (non-hydrogen) atoms. The maximum atomic E-state index is 11.7. The first-order chi connectivity index (χ1) is 7.63.